The van der Waals surface area contributed by atoms with E-state index in [4.69, 9.17) is 9.47 Å². The molecule has 0 radical (unpaired) electrons. The molecule has 3 rings (SSSR count). The van der Waals surface area contributed by atoms with Crippen molar-refractivity contribution in [1.82, 2.24) is 4.90 Å². The van der Waals surface area contributed by atoms with Crippen LogP contribution in [0.25, 0.3) is 0 Å². The maximum absolute atomic E-state index is 6.01. The quantitative estimate of drug-likeness (QED) is 0.779. The van der Waals surface area contributed by atoms with Gasteiger partial charge in [-0.3, -0.25) is 4.90 Å². The molecule has 2 saturated heterocycles. The zero-order valence-electron chi connectivity index (χ0n) is 11.6. The van der Waals surface area contributed by atoms with Gasteiger partial charge in [0.05, 0.1) is 6.04 Å². The van der Waals surface area contributed by atoms with Crippen LogP contribution in [0.5, 0.6) is 0 Å². The molecule has 1 aromatic carbocycles. The molecule has 102 valence electrons. The molecule has 0 aliphatic carbocycles. The summed E-state index contributed by atoms with van der Waals surface area (Å²) in [6.07, 6.45) is 2.25. The molecule has 0 spiro atoms. The zero-order valence-corrected chi connectivity index (χ0v) is 11.6. The predicted molar refractivity (Wildman–Crippen MR) is 74.7 cm³/mol. The summed E-state index contributed by atoms with van der Waals surface area (Å²) in [7, 11) is 0. The van der Waals surface area contributed by atoms with E-state index >= 15 is 0 Å². The molecule has 2 aliphatic heterocycles. The summed E-state index contributed by atoms with van der Waals surface area (Å²) < 4.78 is 12.0. The lowest BCUT2D eigenvalue weighted by Crippen LogP contribution is -2.36. The van der Waals surface area contributed by atoms with Crippen molar-refractivity contribution in [2.24, 2.45) is 0 Å². The zero-order chi connectivity index (χ0) is 13.5. The van der Waals surface area contributed by atoms with Gasteiger partial charge in [0, 0.05) is 13.1 Å². The van der Waals surface area contributed by atoms with E-state index in [9.17, 15) is 0 Å². The van der Waals surface area contributed by atoms with Gasteiger partial charge >= 0.3 is 0 Å². The molecule has 1 aromatic rings. The molecule has 0 amide bonds. The Kier molecular flexibility index (Phi) is 3.21. The van der Waals surface area contributed by atoms with Crippen molar-refractivity contribution in [1.29, 1.82) is 0 Å². The van der Waals surface area contributed by atoms with Gasteiger partial charge in [-0.25, -0.2) is 0 Å². The van der Waals surface area contributed by atoms with Gasteiger partial charge in [0.15, 0.2) is 5.79 Å². The van der Waals surface area contributed by atoms with Crippen molar-refractivity contribution in [3.05, 3.63) is 48.6 Å². The number of ether oxygens (including phenoxy) is 2. The van der Waals surface area contributed by atoms with Crippen LogP contribution in [-0.2, 0) is 16.0 Å². The molecule has 2 fully saturated rings. The van der Waals surface area contributed by atoms with E-state index in [-0.39, 0.29) is 18.2 Å². The van der Waals surface area contributed by atoms with Gasteiger partial charge in [-0.15, -0.1) is 6.58 Å². The lowest BCUT2D eigenvalue weighted by Gasteiger charge is -2.27. The lowest BCUT2D eigenvalue weighted by atomic mass is 10.1. The van der Waals surface area contributed by atoms with Crippen LogP contribution in [0.1, 0.15) is 19.4 Å². The van der Waals surface area contributed by atoms with Gasteiger partial charge in [-0.2, -0.15) is 0 Å². The SMILES string of the molecule is C=C[C@@H]1[C@@H]2OC(C)(C)O[C@@H]2CN1Cc1ccccc1. The summed E-state index contributed by atoms with van der Waals surface area (Å²) in [5.74, 6) is -0.463. The van der Waals surface area contributed by atoms with Gasteiger partial charge in [0.25, 0.3) is 0 Å². The summed E-state index contributed by atoms with van der Waals surface area (Å²) in [5, 5.41) is 0. The van der Waals surface area contributed by atoms with Crippen molar-refractivity contribution in [2.45, 2.75) is 44.4 Å². The molecule has 3 atom stereocenters. The highest BCUT2D eigenvalue weighted by Crippen LogP contribution is 2.37. The molecule has 19 heavy (non-hydrogen) atoms. The Morgan fingerprint density at radius 1 is 1.32 bits per heavy atom. The molecule has 3 heteroatoms. The standard InChI is InChI=1S/C16H21NO2/c1-4-13-15-14(18-16(2,3)19-15)11-17(13)10-12-8-6-5-7-9-12/h4-9,13-15H,1,10-11H2,2-3H3/t13-,14-,15+/m1/s1. The minimum Gasteiger partial charge on any atom is -0.343 e. The maximum Gasteiger partial charge on any atom is 0.163 e. The first-order valence-corrected chi connectivity index (χ1v) is 6.85. The van der Waals surface area contributed by atoms with Crippen LogP contribution >= 0.6 is 0 Å². The van der Waals surface area contributed by atoms with Gasteiger partial charge in [-0.1, -0.05) is 36.4 Å². The molecule has 2 heterocycles. The van der Waals surface area contributed by atoms with Gasteiger partial charge < -0.3 is 9.47 Å². The van der Waals surface area contributed by atoms with Crippen molar-refractivity contribution in [3.8, 4) is 0 Å². The lowest BCUT2D eigenvalue weighted by molar-refractivity contribution is -0.159. The third kappa shape index (κ3) is 2.46. The second-order valence-corrected chi connectivity index (χ2v) is 5.78. The Balaban J connectivity index is 1.74. The highest BCUT2D eigenvalue weighted by Gasteiger charge is 2.51. The summed E-state index contributed by atoms with van der Waals surface area (Å²) in [6, 6.07) is 10.7. The molecule has 0 aromatic heterocycles. The third-order valence-corrected chi connectivity index (χ3v) is 3.86. The number of benzene rings is 1. The topological polar surface area (TPSA) is 21.7 Å². The Bertz CT molecular complexity index is 457. The summed E-state index contributed by atoms with van der Waals surface area (Å²) in [5.41, 5.74) is 1.31. The van der Waals surface area contributed by atoms with Gasteiger partial charge in [0.1, 0.15) is 12.2 Å². The van der Waals surface area contributed by atoms with E-state index in [1.54, 1.807) is 0 Å². The second kappa shape index (κ2) is 4.75. The van der Waals surface area contributed by atoms with Crippen LogP contribution in [0.4, 0.5) is 0 Å². The molecular weight excluding hydrogens is 238 g/mol. The number of nitrogens with zero attached hydrogens (tertiary/aromatic N) is 1. The Labute approximate surface area is 114 Å². The average Bonchev–Trinajstić information content (AvgIpc) is 2.81. The van der Waals surface area contributed by atoms with Crippen LogP contribution in [0.2, 0.25) is 0 Å². The van der Waals surface area contributed by atoms with E-state index in [0.717, 1.165) is 13.1 Å². The van der Waals surface area contributed by atoms with E-state index in [1.165, 1.54) is 5.56 Å². The van der Waals surface area contributed by atoms with E-state index in [0.29, 0.717) is 0 Å². The van der Waals surface area contributed by atoms with Crippen LogP contribution in [0.3, 0.4) is 0 Å². The highest BCUT2D eigenvalue weighted by molar-refractivity contribution is 5.17. The van der Waals surface area contributed by atoms with Gasteiger partial charge in [0.2, 0.25) is 0 Å². The number of hydrogen-bond acceptors (Lipinski definition) is 3. The first-order valence-electron chi connectivity index (χ1n) is 6.85. The second-order valence-electron chi connectivity index (χ2n) is 5.78. The fraction of sp³-hybridized carbons (Fsp3) is 0.500. The fourth-order valence-electron chi connectivity index (χ4n) is 3.13. The maximum atomic E-state index is 6.01. The molecule has 2 aliphatic rings. The smallest absolute Gasteiger partial charge is 0.163 e. The largest absolute Gasteiger partial charge is 0.343 e. The monoisotopic (exact) mass is 259 g/mol. The Hall–Kier alpha value is -1.16. The average molecular weight is 259 g/mol. The summed E-state index contributed by atoms with van der Waals surface area (Å²) >= 11 is 0. The summed E-state index contributed by atoms with van der Waals surface area (Å²) in [6.45, 7) is 9.74. The van der Waals surface area contributed by atoms with Crippen molar-refractivity contribution >= 4 is 0 Å². The molecule has 0 unspecified atom stereocenters. The van der Waals surface area contributed by atoms with Gasteiger partial charge in [-0.05, 0) is 19.4 Å². The number of likely N-dealkylation sites (tertiary alicyclic amines) is 1. The predicted octanol–water partition coefficient (Wildman–Crippen LogP) is 2.58. The third-order valence-electron chi connectivity index (χ3n) is 3.86. The molecule has 3 nitrogen and oxygen atoms in total. The molecule has 0 saturated carbocycles. The summed E-state index contributed by atoms with van der Waals surface area (Å²) in [4.78, 5) is 2.38. The van der Waals surface area contributed by atoms with Crippen molar-refractivity contribution < 1.29 is 9.47 Å². The van der Waals surface area contributed by atoms with E-state index in [2.05, 4.69) is 35.7 Å². The van der Waals surface area contributed by atoms with E-state index in [1.807, 2.05) is 26.0 Å². The number of rotatable bonds is 3. The molecular formula is C16H21NO2. The van der Waals surface area contributed by atoms with Crippen LogP contribution in [-0.4, -0.2) is 35.5 Å². The van der Waals surface area contributed by atoms with Crippen LogP contribution in [0.15, 0.2) is 43.0 Å². The number of fused-ring (bicyclic) bond motifs is 1. The molecule has 0 N–H and O–H groups in total. The minimum absolute atomic E-state index is 0.108. The van der Waals surface area contributed by atoms with Crippen molar-refractivity contribution in [3.63, 3.8) is 0 Å². The Morgan fingerprint density at radius 3 is 2.74 bits per heavy atom. The highest BCUT2D eigenvalue weighted by atomic mass is 16.8. The van der Waals surface area contributed by atoms with E-state index < -0.39 is 5.79 Å². The van der Waals surface area contributed by atoms with Crippen LogP contribution in [0, 0.1) is 0 Å². The molecule has 0 bridgehead atoms. The minimum atomic E-state index is -0.463. The fourth-order valence-corrected chi connectivity index (χ4v) is 3.13. The normalized spacial score (nSPS) is 33.3. The van der Waals surface area contributed by atoms with Crippen LogP contribution < -0.4 is 0 Å². The van der Waals surface area contributed by atoms with Crippen molar-refractivity contribution in [2.75, 3.05) is 6.54 Å². The first kappa shape index (κ1) is 12.9. The Morgan fingerprint density at radius 2 is 2.05 bits per heavy atom. The first-order chi connectivity index (χ1) is 9.09. The number of hydrogen-bond donors (Lipinski definition) is 0.